The Kier molecular flexibility index (Phi) is 5.20. The van der Waals surface area contributed by atoms with E-state index in [1.165, 1.54) is 0 Å². The summed E-state index contributed by atoms with van der Waals surface area (Å²) in [6.07, 6.45) is 2.49. The summed E-state index contributed by atoms with van der Waals surface area (Å²) in [5.41, 5.74) is 8.34. The molecule has 0 aliphatic heterocycles. The molecule has 1 saturated carbocycles. The second-order valence-corrected chi connectivity index (χ2v) is 7.98. The van der Waals surface area contributed by atoms with Crippen molar-refractivity contribution in [1.29, 1.82) is 0 Å². The number of benzene rings is 2. The molecule has 0 radical (unpaired) electrons. The number of hydrogen-bond acceptors (Lipinski definition) is 5. The highest BCUT2D eigenvalue weighted by Gasteiger charge is 2.45. The van der Waals surface area contributed by atoms with Crippen LogP contribution in [-0.2, 0) is 17.8 Å². The number of aryl methyl sites for hydroxylation is 1. The number of carbonyl (C=O) groups is 1. The average Bonchev–Trinajstić information content (AvgIpc) is 3.52. The minimum atomic E-state index is -0.346. The molecule has 7 nitrogen and oxygen atoms in total. The molecule has 1 aliphatic rings. The lowest BCUT2D eigenvalue weighted by Gasteiger charge is -2.17. The van der Waals surface area contributed by atoms with E-state index in [0.717, 1.165) is 41.7 Å². The third-order valence-electron chi connectivity index (χ3n) is 5.77. The van der Waals surface area contributed by atoms with Crippen molar-refractivity contribution in [2.24, 2.45) is 5.41 Å². The number of anilines is 1. The number of rotatable bonds is 7. The second-order valence-electron chi connectivity index (χ2n) is 7.98. The zero-order valence-electron chi connectivity index (χ0n) is 17.5. The predicted octanol–water partition coefficient (Wildman–Crippen LogP) is 3.26. The third-order valence-corrected chi connectivity index (χ3v) is 5.77. The van der Waals surface area contributed by atoms with Crippen LogP contribution in [0.1, 0.15) is 37.8 Å². The standard InChI is InChI=1S/C23H26N4O3/c1-4-16-6-5-7-18-19(16)27(14-15-8-10-17(30-3)11-9-15)21(28)20(24-18)25-26-22(29)23(2)12-13-23/h5-11H,4,12-14H2,1-3H3,(H,24,25)(H,26,29). The van der Waals surface area contributed by atoms with Crippen LogP contribution in [0.2, 0.25) is 0 Å². The fourth-order valence-electron chi connectivity index (χ4n) is 3.49. The van der Waals surface area contributed by atoms with Crippen molar-refractivity contribution in [2.45, 2.75) is 39.7 Å². The molecule has 2 aromatic carbocycles. The molecule has 2 N–H and O–H groups in total. The lowest BCUT2D eigenvalue weighted by Crippen LogP contribution is -2.38. The van der Waals surface area contributed by atoms with Gasteiger partial charge in [0, 0.05) is 5.41 Å². The van der Waals surface area contributed by atoms with Gasteiger partial charge in [0.2, 0.25) is 11.7 Å². The van der Waals surface area contributed by atoms with Crippen LogP contribution in [0, 0.1) is 5.41 Å². The van der Waals surface area contributed by atoms with Gasteiger partial charge in [0.25, 0.3) is 5.56 Å². The summed E-state index contributed by atoms with van der Waals surface area (Å²) in [7, 11) is 1.62. The zero-order chi connectivity index (χ0) is 21.3. The summed E-state index contributed by atoms with van der Waals surface area (Å²) in [6.45, 7) is 4.35. The van der Waals surface area contributed by atoms with Crippen LogP contribution in [0.25, 0.3) is 11.0 Å². The molecule has 0 atom stereocenters. The molecule has 0 bridgehead atoms. The number of ether oxygens (including phenoxy) is 1. The van der Waals surface area contributed by atoms with Gasteiger partial charge in [-0.05, 0) is 48.6 Å². The van der Waals surface area contributed by atoms with E-state index in [0.29, 0.717) is 12.1 Å². The maximum atomic E-state index is 13.3. The van der Waals surface area contributed by atoms with E-state index in [-0.39, 0.29) is 22.7 Å². The Bertz CT molecular complexity index is 1150. The molecular formula is C23H26N4O3. The lowest BCUT2D eigenvalue weighted by molar-refractivity contribution is -0.125. The normalized spacial score (nSPS) is 14.4. The van der Waals surface area contributed by atoms with E-state index < -0.39 is 0 Å². The molecule has 156 valence electrons. The number of carbonyl (C=O) groups excluding carboxylic acids is 1. The molecule has 0 spiro atoms. The number of hydrogen-bond donors (Lipinski definition) is 2. The van der Waals surface area contributed by atoms with E-state index >= 15 is 0 Å². The molecule has 1 aliphatic carbocycles. The number of aromatic nitrogens is 2. The number of fused-ring (bicyclic) bond motifs is 1. The highest BCUT2D eigenvalue weighted by Crippen LogP contribution is 2.44. The van der Waals surface area contributed by atoms with Crippen LogP contribution in [-0.4, -0.2) is 22.6 Å². The van der Waals surface area contributed by atoms with Crippen molar-refractivity contribution < 1.29 is 9.53 Å². The second kappa shape index (κ2) is 7.82. The van der Waals surface area contributed by atoms with E-state index in [9.17, 15) is 9.59 Å². The zero-order valence-corrected chi connectivity index (χ0v) is 17.5. The van der Waals surface area contributed by atoms with Gasteiger partial charge in [-0.15, -0.1) is 0 Å². The first-order valence-corrected chi connectivity index (χ1v) is 10.2. The number of para-hydroxylation sites is 1. The number of nitrogens with zero attached hydrogens (tertiary/aromatic N) is 2. The van der Waals surface area contributed by atoms with E-state index in [1.807, 2.05) is 49.4 Å². The van der Waals surface area contributed by atoms with Crippen molar-refractivity contribution in [3.05, 3.63) is 63.9 Å². The number of nitrogens with one attached hydrogen (secondary N) is 2. The van der Waals surface area contributed by atoms with Crippen LogP contribution >= 0.6 is 0 Å². The van der Waals surface area contributed by atoms with Gasteiger partial charge in [0.1, 0.15) is 5.75 Å². The quantitative estimate of drug-likeness (QED) is 0.589. The molecule has 3 aromatic rings. The van der Waals surface area contributed by atoms with Crippen molar-refractivity contribution in [3.8, 4) is 5.75 Å². The van der Waals surface area contributed by atoms with Gasteiger partial charge in [-0.2, -0.15) is 0 Å². The Morgan fingerprint density at radius 2 is 1.93 bits per heavy atom. The summed E-state index contributed by atoms with van der Waals surface area (Å²) in [5, 5.41) is 0. The van der Waals surface area contributed by atoms with Gasteiger partial charge in [0.05, 0.1) is 24.7 Å². The van der Waals surface area contributed by atoms with E-state index in [4.69, 9.17) is 4.74 Å². The highest BCUT2D eigenvalue weighted by atomic mass is 16.5. The molecule has 4 rings (SSSR count). The Morgan fingerprint density at radius 1 is 1.20 bits per heavy atom. The molecule has 0 saturated heterocycles. The SMILES string of the molecule is CCc1cccc2nc(NNC(=O)C3(C)CC3)c(=O)n(Cc3ccc(OC)cc3)c12. The summed E-state index contributed by atoms with van der Waals surface area (Å²) in [5.74, 6) is 0.758. The van der Waals surface area contributed by atoms with Crippen molar-refractivity contribution >= 4 is 22.8 Å². The minimum absolute atomic E-state index is 0.113. The van der Waals surface area contributed by atoms with Gasteiger partial charge in [-0.1, -0.05) is 38.1 Å². The van der Waals surface area contributed by atoms with Crippen LogP contribution in [0.3, 0.4) is 0 Å². The molecular weight excluding hydrogens is 380 g/mol. The number of methoxy groups -OCH3 is 1. The summed E-state index contributed by atoms with van der Waals surface area (Å²) < 4.78 is 6.95. The van der Waals surface area contributed by atoms with E-state index in [1.54, 1.807) is 11.7 Å². The van der Waals surface area contributed by atoms with Gasteiger partial charge < -0.3 is 4.74 Å². The minimum Gasteiger partial charge on any atom is -0.497 e. The fraction of sp³-hybridized carbons (Fsp3) is 0.348. The number of hydrazine groups is 1. The smallest absolute Gasteiger partial charge is 0.295 e. The molecule has 1 aromatic heterocycles. The fourth-order valence-corrected chi connectivity index (χ4v) is 3.49. The predicted molar refractivity (Wildman–Crippen MR) is 117 cm³/mol. The van der Waals surface area contributed by atoms with Crippen LogP contribution < -0.4 is 21.1 Å². The van der Waals surface area contributed by atoms with E-state index in [2.05, 4.69) is 22.8 Å². The Hall–Kier alpha value is -3.35. The summed E-state index contributed by atoms with van der Waals surface area (Å²) in [4.78, 5) is 30.1. The molecule has 1 amide bonds. The van der Waals surface area contributed by atoms with Gasteiger partial charge in [-0.25, -0.2) is 4.98 Å². The largest absolute Gasteiger partial charge is 0.497 e. The van der Waals surface area contributed by atoms with Gasteiger partial charge in [0.15, 0.2) is 0 Å². The summed E-state index contributed by atoms with van der Waals surface area (Å²) in [6, 6.07) is 13.5. The first-order chi connectivity index (χ1) is 14.4. The highest BCUT2D eigenvalue weighted by molar-refractivity contribution is 5.86. The molecule has 1 fully saturated rings. The van der Waals surface area contributed by atoms with Crippen molar-refractivity contribution in [2.75, 3.05) is 12.5 Å². The molecule has 1 heterocycles. The average molecular weight is 406 g/mol. The van der Waals surface area contributed by atoms with Gasteiger partial charge in [-0.3, -0.25) is 25.0 Å². The Labute approximate surface area is 175 Å². The lowest BCUT2D eigenvalue weighted by atomic mass is 10.1. The summed E-state index contributed by atoms with van der Waals surface area (Å²) >= 11 is 0. The van der Waals surface area contributed by atoms with Gasteiger partial charge >= 0.3 is 0 Å². The molecule has 30 heavy (non-hydrogen) atoms. The van der Waals surface area contributed by atoms with Crippen molar-refractivity contribution in [1.82, 2.24) is 15.0 Å². The first-order valence-electron chi connectivity index (χ1n) is 10.2. The topological polar surface area (TPSA) is 85.3 Å². The Morgan fingerprint density at radius 3 is 2.57 bits per heavy atom. The molecule has 0 unspecified atom stereocenters. The first kappa shape index (κ1) is 19.9. The maximum Gasteiger partial charge on any atom is 0.295 e. The molecule has 7 heteroatoms. The van der Waals surface area contributed by atoms with Crippen LogP contribution in [0.15, 0.2) is 47.3 Å². The maximum absolute atomic E-state index is 13.3. The number of amides is 1. The van der Waals surface area contributed by atoms with Crippen molar-refractivity contribution in [3.63, 3.8) is 0 Å². The van der Waals surface area contributed by atoms with Crippen LogP contribution in [0.5, 0.6) is 5.75 Å². The third kappa shape index (κ3) is 3.75. The Balaban J connectivity index is 1.75. The van der Waals surface area contributed by atoms with Crippen LogP contribution in [0.4, 0.5) is 5.82 Å². The monoisotopic (exact) mass is 406 g/mol.